The van der Waals surface area contributed by atoms with Crippen molar-refractivity contribution < 1.29 is 13.9 Å². The molecule has 8 heteroatoms. The monoisotopic (exact) mass is 369 g/mol. The second-order valence-corrected chi connectivity index (χ2v) is 6.45. The molecule has 0 unspecified atom stereocenters. The Hall–Kier alpha value is -3.21. The van der Waals surface area contributed by atoms with Crippen LogP contribution in [-0.4, -0.2) is 34.1 Å². The van der Waals surface area contributed by atoms with Gasteiger partial charge in [-0.05, 0) is 37.0 Å². The first-order valence-corrected chi connectivity index (χ1v) is 8.70. The zero-order valence-corrected chi connectivity index (χ0v) is 14.8. The number of hydrogen-bond donors (Lipinski definition) is 1. The van der Waals surface area contributed by atoms with Crippen LogP contribution in [0.5, 0.6) is 5.75 Å². The van der Waals surface area contributed by atoms with Gasteiger partial charge in [0, 0.05) is 12.6 Å². The molecule has 3 rings (SSSR count). The van der Waals surface area contributed by atoms with Crippen molar-refractivity contribution in [2.24, 2.45) is 5.92 Å². The van der Waals surface area contributed by atoms with E-state index in [1.54, 1.807) is 17.1 Å². The first kappa shape index (κ1) is 18.6. The average molecular weight is 369 g/mol. The van der Waals surface area contributed by atoms with Gasteiger partial charge in [0.1, 0.15) is 17.3 Å². The molecular weight excluding hydrogens is 349 g/mol. The van der Waals surface area contributed by atoms with Gasteiger partial charge in [-0.2, -0.15) is 20.3 Å². The predicted octanol–water partition coefficient (Wildman–Crippen LogP) is 2.49. The SMILES string of the molecule is C=C(CCNC(=O)COc1cccc(F)c1)c1cnn(C2CC(C#N)C2)n1. The summed E-state index contributed by atoms with van der Waals surface area (Å²) in [5, 5.41) is 20.2. The van der Waals surface area contributed by atoms with Gasteiger partial charge in [-0.3, -0.25) is 4.79 Å². The molecular formula is C19H20FN5O2. The van der Waals surface area contributed by atoms with Crippen LogP contribution in [0.2, 0.25) is 0 Å². The summed E-state index contributed by atoms with van der Waals surface area (Å²) in [5.74, 6) is -0.312. The molecule has 7 nitrogen and oxygen atoms in total. The lowest BCUT2D eigenvalue weighted by Crippen LogP contribution is -2.29. The Bertz CT molecular complexity index is 867. The second-order valence-electron chi connectivity index (χ2n) is 6.45. The number of benzene rings is 1. The fourth-order valence-electron chi connectivity index (χ4n) is 2.73. The molecule has 0 spiro atoms. The molecule has 1 aromatic heterocycles. The molecule has 27 heavy (non-hydrogen) atoms. The molecule has 1 heterocycles. The van der Waals surface area contributed by atoms with Crippen molar-refractivity contribution in [2.45, 2.75) is 25.3 Å². The van der Waals surface area contributed by atoms with Crippen molar-refractivity contribution in [2.75, 3.05) is 13.2 Å². The highest BCUT2D eigenvalue weighted by atomic mass is 19.1. The third-order valence-corrected chi connectivity index (χ3v) is 4.41. The van der Waals surface area contributed by atoms with Gasteiger partial charge in [0.2, 0.25) is 0 Å². The summed E-state index contributed by atoms with van der Waals surface area (Å²) in [6.07, 6.45) is 3.73. The van der Waals surface area contributed by atoms with Crippen LogP contribution in [-0.2, 0) is 4.79 Å². The van der Waals surface area contributed by atoms with Crippen LogP contribution < -0.4 is 10.1 Å². The number of nitrogens with zero attached hydrogens (tertiary/aromatic N) is 4. The van der Waals surface area contributed by atoms with Gasteiger partial charge in [0.05, 0.1) is 24.2 Å². The number of nitrogens with one attached hydrogen (secondary N) is 1. The van der Waals surface area contributed by atoms with Crippen molar-refractivity contribution >= 4 is 11.5 Å². The Kier molecular flexibility index (Phi) is 5.81. The second kappa shape index (κ2) is 8.45. The van der Waals surface area contributed by atoms with Crippen molar-refractivity contribution in [3.8, 4) is 11.8 Å². The topological polar surface area (TPSA) is 92.8 Å². The van der Waals surface area contributed by atoms with Crippen molar-refractivity contribution in [1.82, 2.24) is 20.3 Å². The molecule has 140 valence electrons. The van der Waals surface area contributed by atoms with Gasteiger partial charge in [-0.1, -0.05) is 12.6 Å². The number of halogens is 1. The van der Waals surface area contributed by atoms with E-state index in [0.29, 0.717) is 24.4 Å². The van der Waals surface area contributed by atoms with Gasteiger partial charge in [0.25, 0.3) is 5.91 Å². The highest BCUT2D eigenvalue weighted by Gasteiger charge is 2.32. The maximum atomic E-state index is 13.0. The minimum Gasteiger partial charge on any atom is -0.484 e. The number of ether oxygens (including phenoxy) is 1. The molecule has 1 saturated carbocycles. The van der Waals surface area contributed by atoms with Crippen molar-refractivity contribution in [3.63, 3.8) is 0 Å². The quantitative estimate of drug-likeness (QED) is 0.772. The number of rotatable bonds is 8. The third kappa shape index (κ3) is 4.91. The Balaban J connectivity index is 1.37. The predicted molar refractivity (Wildman–Crippen MR) is 96.0 cm³/mol. The first-order chi connectivity index (χ1) is 13.0. The standard InChI is InChI=1S/C19H20FN5O2/c1-13(18-11-23-25(24-18)16-7-14(8-16)10-21)5-6-22-19(26)12-27-17-4-2-3-15(20)9-17/h2-4,9,11,14,16H,1,5-8,12H2,(H,22,26). The number of aromatic nitrogens is 3. The number of hydrogen-bond acceptors (Lipinski definition) is 5. The molecule has 0 atom stereocenters. The Morgan fingerprint density at radius 3 is 3.04 bits per heavy atom. The molecule has 1 fully saturated rings. The van der Waals surface area contributed by atoms with Gasteiger partial charge < -0.3 is 10.1 Å². The van der Waals surface area contributed by atoms with E-state index in [1.807, 2.05) is 0 Å². The Morgan fingerprint density at radius 2 is 2.30 bits per heavy atom. The summed E-state index contributed by atoms with van der Waals surface area (Å²) in [5.41, 5.74) is 1.45. The Morgan fingerprint density at radius 1 is 1.48 bits per heavy atom. The summed E-state index contributed by atoms with van der Waals surface area (Å²) in [4.78, 5) is 13.4. The molecule has 1 amide bonds. The van der Waals surface area contributed by atoms with Crippen LogP contribution in [0.1, 0.15) is 31.0 Å². The molecule has 1 aliphatic carbocycles. The number of carbonyl (C=O) groups is 1. The van der Waals surface area contributed by atoms with Crippen LogP contribution in [0.25, 0.3) is 5.57 Å². The summed E-state index contributed by atoms with van der Waals surface area (Å²) in [6.45, 7) is 4.18. The summed E-state index contributed by atoms with van der Waals surface area (Å²) in [7, 11) is 0. The molecule has 0 saturated heterocycles. The Labute approximate surface area is 156 Å². The van der Waals surface area contributed by atoms with Gasteiger partial charge >= 0.3 is 0 Å². The van der Waals surface area contributed by atoms with Gasteiger partial charge in [-0.15, -0.1) is 0 Å². The third-order valence-electron chi connectivity index (χ3n) is 4.41. The number of amides is 1. The zero-order valence-electron chi connectivity index (χ0n) is 14.8. The minimum absolute atomic E-state index is 0.0949. The maximum Gasteiger partial charge on any atom is 0.257 e. The van der Waals surface area contributed by atoms with Gasteiger partial charge in [0.15, 0.2) is 6.61 Å². The molecule has 1 N–H and O–H groups in total. The zero-order chi connectivity index (χ0) is 19.2. The smallest absolute Gasteiger partial charge is 0.257 e. The van der Waals surface area contributed by atoms with Gasteiger partial charge in [-0.25, -0.2) is 4.39 Å². The highest BCUT2D eigenvalue weighted by molar-refractivity contribution is 5.77. The molecule has 1 aromatic carbocycles. The van der Waals surface area contributed by atoms with E-state index in [9.17, 15) is 9.18 Å². The molecule has 2 aromatic rings. The van der Waals surface area contributed by atoms with Crippen molar-refractivity contribution in [3.05, 3.63) is 48.6 Å². The highest BCUT2D eigenvalue weighted by Crippen LogP contribution is 2.36. The van der Waals surface area contributed by atoms with Crippen LogP contribution in [0.3, 0.4) is 0 Å². The molecule has 0 bridgehead atoms. The lowest BCUT2D eigenvalue weighted by Gasteiger charge is -2.29. The first-order valence-electron chi connectivity index (χ1n) is 8.70. The fourth-order valence-corrected chi connectivity index (χ4v) is 2.73. The van der Waals surface area contributed by atoms with E-state index >= 15 is 0 Å². The van der Waals surface area contributed by atoms with E-state index in [0.717, 1.165) is 18.4 Å². The van der Waals surface area contributed by atoms with E-state index in [1.165, 1.54) is 18.2 Å². The summed E-state index contributed by atoms with van der Waals surface area (Å²) < 4.78 is 18.3. The van der Waals surface area contributed by atoms with E-state index in [-0.39, 0.29) is 24.5 Å². The van der Waals surface area contributed by atoms with E-state index < -0.39 is 5.82 Å². The normalized spacial score (nSPS) is 18.2. The van der Waals surface area contributed by atoms with E-state index in [4.69, 9.17) is 10.00 Å². The summed E-state index contributed by atoms with van der Waals surface area (Å²) in [6, 6.07) is 8.05. The van der Waals surface area contributed by atoms with Crippen LogP contribution in [0.4, 0.5) is 4.39 Å². The lowest BCUT2D eigenvalue weighted by atomic mass is 9.82. The van der Waals surface area contributed by atoms with E-state index in [2.05, 4.69) is 28.2 Å². The van der Waals surface area contributed by atoms with Crippen LogP contribution in [0.15, 0.2) is 37.0 Å². The summed E-state index contributed by atoms with van der Waals surface area (Å²) >= 11 is 0. The fraction of sp³-hybridized carbons (Fsp3) is 0.368. The molecule has 0 aliphatic heterocycles. The average Bonchev–Trinajstić information content (AvgIpc) is 3.09. The van der Waals surface area contributed by atoms with Crippen LogP contribution >= 0.6 is 0 Å². The minimum atomic E-state index is -0.415. The van der Waals surface area contributed by atoms with Crippen molar-refractivity contribution in [1.29, 1.82) is 5.26 Å². The van der Waals surface area contributed by atoms with Crippen LogP contribution in [0, 0.1) is 23.1 Å². The maximum absolute atomic E-state index is 13.0. The largest absolute Gasteiger partial charge is 0.484 e. The molecule has 0 radical (unpaired) electrons. The number of carbonyl (C=O) groups excluding carboxylic acids is 1. The molecule has 1 aliphatic rings. The lowest BCUT2D eigenvalue weighted by molar-refractivity contribution is -0.123. The number of nitriles is 1.